The molecule has 1 fully saturated rings. The van der Waals surface area contributed by atoms with Crippen molar-refractivity contribution in [3.8, 4) is 16.9 Å². The van der Waals surface area contributed by atoms with Crippen LogP contribution in [0, 0.1) is 20.8 Å². The number of hydrogen-bond acceptors (Lipinski definition) is 4. The number of hydrogen-bond donors (Lipinski definition) is 2. The van der Waals surface area contributed by atoms with Crippen molar-refractivity contribution in [2.75, 3.05) is 5.32 Å². The minimum atomic E-state index is -0.0896. The van der Waals surface area contributed by atoms with E-state index in [1.807, 2.05) is 36.4 Å². The molecule has 0 atom stereocenters. The number of para-hydroxylation sites is 1. The van der Waals surface area contributed by atoms with Gasteiger partial charge in [0, 0.05) is 30.4 Å². The van der Waals surface area contributed by atoms with Gasteiger partial charge in [-0.2, -0.15) is 10.2 Å². The largest absolute Gasteiger partial charge is 0.311 e. The van der Waals surface area contributed by atoms with Gasteiger partial charge in [0.1, 0.15) is 11.6 Å². The van der Waals surface area contributed by atoms with Crippen LogP contribution in [-0.2, 0) is 11.2 Å². The molecule has 0 unspecified atom stereocenters. The van der Waals surface area contributed by atoms with Gasteiger partial charge in [-0.3, -0.25) is 9.89 Å². The Kier molecular flexibility index (Phi) is 5.54. The van der Waals surface area contributed by atoms with Crippen molar-refractivity contribution in [3.05, 3.63) is 76.9 Å². The molecule has 0 bridgehead atoms. The summed E-state index contributed by atoms with van der Waals surface area (Å²) in [6.45, 7) is 6.31. The van der Waals surface area contributed by atoms with Crippen LogP contribution in [-0.4, -0.2) is 30.9 Å². The zero-order chi connectivity index (χ0) is 22.9. The van der Waals surface area contributed by atoms with E-state index in [2.05, 4.69) is 53.4 Å². The Morgan fingerprint density at radius 2 is 1.82 bits per heavy atom. The number of anilines is 1. The van der Waals surface area contributed by atoms with Crippen LogP contribution in [0.1, 0.15) is 53.5 Å². The molecule has 7 nitrogen and oxygen atoms in total. The number of nitrogens with one attached hydrogen (secondary N) is 2. The predicted molar refractivity (Wildman–Crippen MR) is 129 cm³/mol. The first kappa shape index (κ1) is 21.1. The molecule has 1 saturated carbocycles. The third-order valence-electron chi connectivity index (χ3n) is 6.18. The first-order chi connectivity index (χ1) is 16.0. The molecular weight excluding hydrogens is 412 g/mol. The van der Waals surface area contributed by atoms with Gasteiger partial charge in [-0.1, -0.05) is 24.3 Å². The highest BCUT2D eigenvalue weighted by atomic mass is 16.1. The van der Waals surface area contributed by atoms with Crippen molar-refractivity contribution in [2.45, 2.75) is 52.4 Å². The topological polar surface area (TPSA) is 88.5 Å². The molecule has 4 aromatic rings. The van der Waals surface area contributed by atoms with Crippen molar-refractivity contribution in [3.63, 3.8) is 0 Å². The molecule has 5 rings (SSSR count). The highest BCUT2D eigenvalue weighted by Crippen LogP contribution is 2.37. The number of aromatic amines is 1. The lowest BCUT2D eigenvalue weighted by molar-refractivity contribution is -0.116. The Bertz CT molecular complexity index is 1300. The number of aryl methyl sites for hydroxylation is 4. The average Bonchev–Trinajstić information content (AvgIpc) is 3.41. The van der Waals surface area contributed by atoms with Crippen molar-refractivity contribution >= 4 is 11.7 Å². The van der Waals surface area contributed by atoms with Gasteiger partial charge in [-0.25, -0.2) is 9.67 Å². The minimum Gasteiger partial charge on any atom is -0.311 e. The van der Waals surface area contributed by atoms with Crippen molar-refractivity contribution in [1.29, 1.82) is 0 Å². The van der Waals surface area contributed by atoms with Gasteiger partial charge >= 0.3 is 0 Å². The number of carbonyl (C=O) groups is 1. The maximum Gasteiger partial charge on any atom is 0.225 e. The second kappa shape index (κ2) is 8.65. The first-order valence-corrected chi connectivity index (χ1v) is 11.4. The monoisotopic (exact) mass is 440 g/mol. The number of benzene rings is 2. The maximum absolute atomic E-state index is 12.8. The molecule has 0 aliphatic heterocycles. The lowest BCUT2D eigenvalue weighted by Crippen LogP contribution is -2.15. The minimum absolute atomic E-state index is 0.0896. The molecule has 1 aliphatic rings. The van der Waals surface area contributed by atoms with Gasteiger partial charge in [0.25, 0.3) is 0 Å². The van der Waals surface area contributed by atoms with E-state index >= 15 is 0 Å². The summed E-state index contributed by atoms with van der Waals surface area (Å²) in [5.41, 5.74) is 6.42. The van der Waals surface area contributed by atoms with Crippen molar-refractivity contribution in [2.24, 2.45) is 0 Å². The van der Waals surface area contributed by atoms with E-state index in [4.69, 9.17) is 5.10 Å². The lowest BCUT2D eigenvalue weighted by Gasteiger charge is -2.08. The number of rotatable bonds is 7. The molecule has 0 saturated heterocycles. The number of carbonyl (C=O) groups excluding carboxylic acids is 1. The molecule has 1 amide bonds. The van der Waals surface area contributed by atoms with Gasteiger partial charge in [0.05, 0.1) is 11.4 Å². The fourth-order valence-electron chi connectivity index (χ4n) is 4.00. The molecule has 7 heteroatoms. The summed E-state index contributed by atoms with van der Waals surface area (Å²) in [6.07, 6.45) is 3.14. The second-order valence-corrected chi connectivity index (χ2v) is 8.87. The SMILES string of the molecule is Cc1cc(C)c(-c2cc(NC(=O)CCc3n[nH]c(C4CC4)n3)n(-c3ccccc3)n2)cc1C. The van der Waals surface area contributed by atoms with E-state index in [1.54, 1.807) is 4.68 Å². The Labute approximate surface area is 193 Å². The Morgan fingerprint density at radius 3 is 2.58 bits per heavy atom. The van der Waals surface area contributed by atoms with Gasteiger partial charge in [0.2, 0.25) is 5.91 Å². The van der Waals surface area contributed by atoms with E-state index < -0.39 is 0 Å². The van der Waals surface area contributed by atoms with Gasteiger partial charge < -0.3 is 5.32 Å². The van der Waals surface area contributed by atoms with Gasteiger partial charge in [-0.05, 0) is 68.5 Å². The standard InChI is InChI=1S/C26H28N6O/c1-16-13-18(3)21(14-17(16)2)22-15-24(32(31-22)20-7-5-4-6-8-20)28-25(33)12-11-23-27-26(30-29-23)19-9-10-19/h4-8,13-15,19H,9-12H2,1-3H3,(H,28,33)(H,27,29,30). The molecule has 0 spiro atoms. The molecule has 33 heavy (non-hydrogen) atoms. The smallest absolute Gasteiger partial charge is 0.225 e. The van der Waals surface area contributed by atoms with Gasteiger partial charge in [-0.15, -0.1) is 0 Å². The summed E-state index contributed by atoms with van der Waals surface area (Å²) in [5.74, 6) is 2.71. The van der Waals surface area contributed by atoms with E-state index in [1.165, 1.54) is 24.0 Å². The highest BCUT2D eigenvalue weighted by Gasteiger charge is 2.27. The molecule has 2 aromatic carbocycles. The molecule has 2 N–H and O–H groups in total. The summed E-state index contributed by atoms with van der Waals surface area (Å²) in [4.78, 5) is 17.3. The van der Waals surface area contributed by atoms with Crippen LogP contribution < -0.4 is 5.32 Å². The summed E-state index contributed by atoms with van der Waals surface area (Å²) >= 11 is 0. The Hall–Kier alpha value is -3.74. The van der Waals surface area contributed by atoms with Crippen LogP contribution >= 0.6 is 0 Å². The van der Waals surface area contributed by atoms with Crippen LogP contribution in [0.2, 0.25) is 0 Å². The van der Waals surface area contributed by atoms with Crippen molar-refractivity contribution in [1.82, 2.24) is 25.0 Å². The number of amides is 1. The van der Waals surface area contributed by atoms with Crippen LogP contribution in [0.25, 0.3) is 16.9 Å². The summed E-state index contributed by atoms with van der Waals surface area (Å²) < 4.78 is 1.79. The number of aromatic nitrogens is 5. The van der Waals surface area contributed by atoms with Crippen LogP contribution in [0.5, 0.6) is 0 Å². The summed E-state index contributed by atoms with van der Waals surface area (Å²) in [5, 5.41) is 15.2. The zero-order valence-corrected chi connectivity index (χ0v) is 19.2. The van der Waals surface area contributed by atoms with Crippen LogP contribution in [0.3, 0.4) is 0 Å². The fraction of sp³-hybridized carbons (Fsp3) is 0.308. The molecule has 2 heterocycles. The lowest BCUT2D eigenvalue weighted by atomic mass is 9.99. The number of nitrogens with zero attached hydrogens (tertiary/aromatic N) is 4. The Morgan fingerprint density at radius 1 is 1.06 bits per heavy atom. The van der Waals surface area contributed by atoms with E-state index in [0.29, 0.717) is 30.4 Å². The summed E-state index contributed by atoms with van der Waals surface area (Å²) in [6, 6.07) is 16.1. The average molecular weight is 441 g/mol. The fourth-order valence-corrected chi connectivity index (χ4v) is 4.00. The van der Waals surface area contributed by atoms with E-state index in [-0.39, 0.29) is 5.91 Å². The maximum atomic E-state index is 12.8. The number of H-pyrrole nitrogens is 1. The highest BCUT2D eigenvalue weighted by molar-refractivity contribution is 5.91. The summed E-state index contributed by atoms with van der Waals surface area (Å²) in [7, 11) is 0. The quantitative estimate of drug-likeness (QED) is 0.422. The predicted octanol–water partition coefficient (Wildman–Crippen LogP) is 5.03. The van der Waals surface area contributed by atoms with E-state index in [0.717, 1.165) is 28.3 Å². The Balaban J connectivity index is 1.39. The molecular formula is C26H28N6O. The second-order valence-electron chi connectivity index (χ2n) is 8.87. The molecule has 1 aliphatic carbocycles. The van der Waals surface area contributed by atoms with Crippen LogP contribution in [0.4, 0.5) is 5.82 Å². The van der Waals surface area contributed by atoms with E-state index in [9.17, 15) is 4.79 Å². The van der Waals surface area contributed by atoms with Crippen LogP contribution in [0.15, 0.2) is 48.5 Å². The normalized spacial score (nSPS) is 13.3. The zero-order valence-electron chi connectivity index (χ0n) is 19.2. The molecule has 2 aromatic heterocycles. The first-order valence-electron chi connectivity index (χ1n) is 11.4. The third kappa shape index (κ3) is 4.58. The molecule has 0 radical (unpaired) electrons. The third-order valence-corrected chi connectivity index (χ3v) is 6.18. The van der Waals surface area contributed by atoms with Crippen molar-refractivity contribution < 1.29 is 4.79 Å². The van der Waals surface area contributed by atoms with Gasteiger partial charge in [0.15, 0.2) is 5.82 Å². The molecule has 168 valence electrons.